The molecule has 0 radical (unpaired) electrons. The Morgan fingerprint density at radius 2 is 1.89 bits per heavy atom. The van der Waals surface area contributed by atoms with E-state index in [1.54, 1.807) is 18.2 Å². The number of alkyl halides is 3. The first-order chi connectivity index (χ1) is 17.3. The van der Waals surface area contributed by atoms with E-state index >= 15 is 0 Å². The molecule has 1 heterocycles. The number of carbonyl (C=O) groups is 1. The minimum Gasteiger partial charge on any atom is -0.348 e. The Labute approximate surface area is 226 Å². The number of rotatable bonds is 6. The Hall–Kier alpha value is -1.82. The highest BCUT2D eigenvalue weighted by Crippen LogP contribution is 2.57. The van der Waals surface area contributed by atoms with Crippen molar-refractivity contribution in [3.05, 3.63) is 68.4 Å². The zero-order chi connectivity index (χ0) is 27.2. The molecule has 2 aliphatic rings. The molecular formula is C24H22Cl2F4N2O3S2. The Morgan fingerprint density at radius 1 is 1.22 bits per heavy atom. The second kappa shape index (κ2) is 10.4. The van der Waals surface area contributed by atoms with E-state index in [9.17, 15) is 30.8 Å². The summed E-state index contributed by atoms with van der Waals surface area (Å²) >= 11 is 11.9. The number of hydrogen-bond acceptors (Lipinski definition) is 5. The summed E-state index contributed by atoms with van der Waals surface area (Å²) in [5.41, 5.74) is 2.06. The standard InChI is InChI=1S/C24H22Cl2F4N2O3S2/c1-2-37(34,35)12-21(33)31-19-5-3-4-13-8-14(6-7-16(13)19)20-11-23(36-32-20,24(28,29)30)15-9-17(25)22(27)18(26)10-15/h6-10,19H,2-5,11-12H2,1H3,(H,31,33). The fourth-order valence-electron chi connectivity index (χ4n) is 4.53. The van der Waals surface area contributed by atoms with Crippen molar-refractivity contribution in [3.8, 4) is 0 Å². The molecule has 1 N–H and O–H groups in total. The van der Waals surface area contributed by atoms with Crippen LogP contribution in [0.1, 0.15) is 54.5 Å². The predicted octanol–water partition coefficient (Wildman–Crippen LogP) is 6.36. The summed E-state index contributed by atoms with van der Waals surface area (Å²) < 4.78 is 82.3. The quantitative estimate of drug-likeness (QED) is 0.239. The number of halogens is 6. The molecule has 4 rings (SSSR count). The minimum atomic E-state index is -4.74. The molecule has 37 heavy (non-hydrogen) atoms. The van der Waals surface area contributed by atoms with Crippen molar-refractivity contribution < 1.29 is 30.8 Å². The van der Waals surface area contributed by atoms with E-state index in [4.69, 9.17) is 23.2 Å². The molecule has 0 spiro atoms. The Morgan fingerprint density at radius 3 is 2.51 bits per heavy atom. The summed E-state index contributed by atoms with van der Waals surface area (Å²) in [5, 5.41) is 1.76. The maximum absolute atomic E-state index is 14.4. The van der Waals surface area contributed by atoms with Gasteiger partial charge >= 0.3 is 6.18 Å². The van der Waals surface area contributed by atoms with Gasteiger partial charge in [0.15, 0.2) is 20.4 Å². The van der Waals surface area contributed by atoms with Crippen molar-refractivity contribution >= 4 is 56.6 Å². The molecule has 200 valence electrons. The number of sulfone groups is 1. The third kappa shape index (κ3) is 5.65. The van der Waals surface area contributed by atoms with Crippen molar-refractivity contribution in [3.63, 3.8) is 0 Å². The highest BCUT2D eigenvalue weighted by atomic mass is 35.5. The van der Waals surface area contributed by atoms with Crippen LogP contribution in [0.4, 0.5) is 17.6 Å². The van der Waals surface area contributed by atoms with Crippen LogP contribution in [0.15, 0.2) is 34.7 Å². The number of nitrogens with zero attached hydrogens (tertiary/aromatic N) is 1. The zero-order valence-corrected chi connectivity index (χ0v) is 22.6. The average molecular weight is 597 g/mol. The van der Waals surface area contributed by atoms with E-state index in [0.717, 1.165) is 23.3 Å². The number of hydrogen-bond donors (Lipinski definition) is 1. The number of aryl methyl sites for hydroxylation is 1. The van der Waals surface area contributed by atoms with Crippen LogP contribution in [-0.2, 0) is 25.8 Å². The molecule has 0 saturated carbocycles. The summed E-state index contributed by atoms with van der Waals surface area (Å²) in [6, 6.07) is 6.60. The predicted molar refractivity (Wildman–Crippen MR) is 137 cm³/mol. The lowest BCUT2D eigenvalue weighted by molar-refractivity contribution is -0.159. The van der Waals surface area contributed by atoms with Gasteiger partial charge in [-0.05, 0) is 71.7 Å². The van der Waals surface area contributed by atoms with Crippen LogP contribution in [0.25, 0.3) is 0 Å². The smallest absolute Gasteiger partial charge is 0.348 e. The monoisotopic (exact) mass is 596 g/mol. The van der Waals surface area contributed by atoms with Crippen molar-refractivity contribution in [1.29, 1.82) is 0 Å². The molecule has 2 unspecified atom stereocenters. The van der Waals surface area contributed by atoms with E-state index in [-0.39, 0.29) is 17.0 Å². The van der Waals surface area contributed by atoms with Crippen LogP contribution < -0.4 is 5.32 Å². The summed E-state index contributed by atoms with van der Waals surface area (Å²) in [4.78, 5) is 12.3. The lowest BCUT2D eigenvalue weighted by Gasteiger charge is -2.30. The third-order valence-corrected chi connectivity index (χ3v) is 9.92. The van der Waals surface area contributed by atoms with E-state index in [1.165, 1.54) is 6.92 Å². The molecule has 1 amide bonds. The van der Waals surface area contributed by atoms with Gasteiger partial charge in [-0.3, -0.25) is 4.79 Å². The molecule has 0 saturated heterocycles. The molecule has 1 aliphatic carbocycles. The maximum Gasteiger partial charge on any atom is 0.409 e. The van der Waals surface area contributed by atoms with Crippen LogP contribution >= 0.6 is 35.1 Å². The molecule has 2 aromatic rings. The summed E-state index contributed by atoms with van der Waals surface area (Å²) in [6.45, 7) is 1.47. The molecule has 5 nitrogen and oxygen atoms in total. The van der Waals surface area contributed by atoms with Gasteiger partial charge in [-0.2, -0.15) is 13.2 Å². The second-order valence-corrected chi connectivity index (χ2v) is 13.2. The van der Waals surface area contributed by atoms with Gasteiger partial charge in [0.2, 0.25) is 5.91 Å². The first-order valence-electron chi connectivity index (χ1n) is 11.4. The first-order valence-corrected chi connectivity index (χ1v) is 14.7. The number of fused-ring (bicyclic) bond motifs is 1. The molecule has 0 fully saturated rings. The second-order valence-electron chi connectivity index (χ2n) is 8.99. The molecule has 13 heteroatoms. The van der Waals surface area contributed by atoms with Crippen LogP contribution in [-0.4, -0.2) is 37.7 Å². The molecule has 0 bridgehead atoms. The van der Waals surface area contributed by atoms with E-state index < -0.39 is 60.7 Å². The summed E-state index contributed by atoms with van der Waals surface area (Å²) in [5.74, 6) is -2.32. The normalized spacial score (nSPS) is 21.9. The number of nitrogens with one attached hydrogen (secondary N) is 1. The Balaban J connectivity index is 1.60. The van der Waals surface area contributed by atoms with E-state index in [0.29, 0.717) is 36.8 Å². The van der Waals surface area contributed by atoms with Crippen molar-refractivity contribution in [2.45, 2.75) is 49.6 Å². The van der Waals surface area contributed by atoms with Gasteiger partial charge in [0.1, 0.15) is 5.75 Å². The fraction of sp³-hybridized carbons (Fsp3) is 0.417. The van der Waals surface area contributed by atoms with Crippen LogP contribution in [0.5, 0.6) is 0 Å². The van der Waals surface area contributed by atoms with Crippen molar-refractivity contribution in [2.24, 2.45) is 4.40 Å². The van der Waals surface area contributed by atoms with Gasteiger partial charge in [0, 0.05) is 12.2 Å². The maximum atomic E-state index is 14.4. The Kier molecular flexibility index (Phi) is 7.92. The summed E-state index contributed by atoms with van der Waals surface area (Å²) in [6.07, 6.45) is -3.27. The van der Waals surface area contributed by atoms with E-state index in [1.807, 2.05) is 0 Å². The van der Waals surface area contributed by atoms with Crippen LogP contribution in [0.2, 0.25) is 10.0 Å². The number of amides is 1. The fourth-order valence-corrected chi connectivity index (χ4v) is 6.67. The lowest BCUT2D eigenvalue weighted by atomic mass is 9.84. The molecule has 1 aliphatic heterocycles. The van der Waals surface area contributed by atoms with E-state index in [2.05, 4.69) is 9.71 Å². The van der Waals surface area contributed by atoms with Crippen molar-refractivity contribution in [1.82, 2.24) is 5.32 Å². The van der Waals surface area contributed by atoms with Gasteiger partial charge in [-0.25, -0.2) is 17.2 Å². The molecule has 2 atom stereocenters. The molecule has 0 aromatic heterocycles. The number of carbonyl (C=O) groups excluding carboxylic acids is 1. The third-order valence-electron chi connectivity index (χ3n) is 6.55. The topological polar surface area (TPSA) is 75.6 Å². The van der Waals surface area contributed by atoms with Crippen LogP contribution in [0, 0.1) is 5.82 Å². The average Bonchev–Trinajstić information content (AvgIpc) is 3.29. The highest BCUT2D eigenvalue weighted by Gasteiger charge is 2.60. The summed E-state index contributed by atoms with van der Waals surface area (Å²) in [7, 11) is -3.48. The zero-order valence-electron chi connectivity index (χ0n) is 19.5. The van der Waals surface area contributed by atoms with Crippen molar-refractivity contribution in [2.75, 3.05) is 11.5 Å². The van der Waals surface area contributed by atoms with Gasteiger partial charge in [-0.15, -0.1) is 0 Å². The van der Waals surface area contributed by atoms with Gasteiger partial charge < -0.3 is 5.32 Å². The van der Waals surface area contributed by atoms with Gasteiger partial charge in [0.05, 0.1) is 21.8 Å². The molecular weight excluding hydrogens is 575 g/mol. The number of benzene rings is 2. The minimum absolute atomic E-state index is 0.138. The molecule has 2 aromatic carbocycles. The van der Waals surface area contributed by atoms with Gasteiger partial charge in [-0.1, -0.05) is 42.3 Å². The van der Waals surface area contributed by atoms with Gasteiger partial charge in [0.25, 0.3) is 0 Å². The largest absolute Gasteiger partial charge is 0.409 e. The Bertz CT molecular complexity index is 1360. The SMILES string of the molecule is CCS(=O)(=O)CC(=O)NC1CCCc2cc(C3=NSC(c4cc(Cl)c(F)c(Cl)c4)(C(F)(F)F)C3)ccc21. The highest BCUT2D eigenvalue weighted by molar-refractivity contribution is 7.99. The first kappa shape index (κ1) is 28.2. The van der Waals surface area contributed by atoms with Crippen LogP contribution in [0.3, 0.4) is 0 Å². The lowest BCUT2D eigenvalue weighted by Crippen LogP contribution is -2.38.